The molecule has 0 aliphatic carbocycles. The third kappa shape index (κ3) is 9.53. The largest absolute Gasteiger partial charge is 0.481 e. The van der Waals surface area contributed by atoms with E-state index in [9.17, 15) is 14.4 Å². The van der Waals surface area contributed by atoms with Gasteiger partial charge in [0.2, 0.25) is 0 Å². The summed E-state index contributed by atoms with van der Waals surface area (Å²) in [5, 5.41) is 23.6. The molecule has 7 nitrogen and oxygen atoms in total. The van der Waals surface area contributed by atoms with Gasteiger partial charge in [0.25, 0.3) is 0 Å². The van der Waals surface area contributed by atoms with Gasteiger partial charge in [0.1, 0.15) is 0 Å². The second-order valence-electron chi connectivity index (χ2n) is 9.59. The summed E-state index contributed by atoms with van der Waals surface area (Å²) in [5.41, 5.74) is 6.83. The van der Waals surface area contributed by atoms with Gasteiger partial charge in [0, 0.05) is 18.5 Å². The zero-order valence-corrected chi connectivity index (χ0v) is 22.8. The summed E-state index contributed by atoms with van der Waals surface area (Å²) < 4.78 is 0. The van der Waals surface area contributed by atoms with Crippen molar-refractivity contribution < 1.29 is 24.6 Å². The Morgan fingerprint density at radius 2 is 1.54 bits per heavy atom. The average Bonchev–Trinajstić information content (AvgIpc) is 3.18. The molecule has 0 fully saturated rings. The quantitative estimate of drug-likeness (QED) is 0.230. The van der Waals surface area contributed by atoms with Crippen molar-refractivity contribution in [3.8, 4) is 0 Å². The van der Waals surface area contributed by atoms with E-state index in [2.05, 4.69) is 35.8 Å². The van der Waals surface area contributed by atoms with Crippen LogP contribution in [0.25, 0.3) is 0 Å². The summed E-state index contributed by atoms with van der Waals surface area (Å²) in [6.07, 6.45) is 1.93. The number of hydrogen-bond donors (Lipinski definition) is 4. The normalized spacial score (nSPS) is 13.2. The Bertz CT molecular complexity index is 1250. The van der Waals surface area contributed by atoms with Crippen LogP contribution in [-0.2, 0) is 29.0 Å². The van der Waals surface area contributed by atoms with Crippen molar-refractivity contribution in [2.45, 2.75) is 51.5 Å². The van der Waals surface area contributed by atoms with Gasteiger partial charge in [-0.25, -0.2) is 0 Å². The maximum atomic E-state index is 12.7. The van der Waals surface area contributed by atoms with Crippen molar-refractivity contribution in [3.05, 3.63) is 99.6 Å². The number of Topliss-reactive ketones (excluding diaryl/α,β-unsaturated/α-hetero) is 1. The minimum absolute atomic E-state index is 0.180. The summed E-state index contributed by atoms with van der Waals surface area (Å²) in [6, 6.07) is 22.3. The van der Waals surface area contributed by atoms with Crippen molar-refractivity contribution in [1.82, 2.24) is 5.32 Å². The van der Waals surface area contributed by atoms with Crippen molar-refractivity contribution in [1.29, 1.82) is 0 Å². The fourth-order valence-corrected chi connectivity index (χ4v) is 4.69. The number of anilines is 1. The van der Waals surface area contributed by atoms with Crippen LogP contribution in [0.2, 0.25) is 5.02 Å². The van der Waals surface area contributed by atoms with Gasteiger partial charge in [-0.05, 0) is 60.2 Å². The molecule has 1 aliphatic rings. The van der Waals surface area contributed by atoms with Crippen LogP contribution in [0, 0.1) is 0 Å². The number of carbonyl (C=O) groups is 3. The van der Waals surface area contributed by atoms with Crippen LogP contribution in [0.15, 0.2) is 66.7 Å². The number of halogens is 1. The summed E-state index contributed by atoms with van der Waals surface area (Å²) in [4.78, 5) is 32.0. The van der Waals surface area contributed by atoms with E-state index in [1.807, 2.05) is 48.5 Å². The van der Waals surface area contributed by atoms with Gasteiger partial charge in [-0.1, -0.05) is 79.2 Å². The molecule has 8 heteroatoms. The molecule has 0 amide bonds. The number of fused-ring (bicyclic) bond motifs is 1. The number of ketones is 1. The van der Waals surface area contributed by atoms with Crippen LogP contribution in [0.3, 0.4) is 0 Å². The molecule has 206 valence electrons. The molecule has 3 aromatic rings. The fraction of sp³-hybridized carbons (Fsp3) is 0.323. The Balaban J connectivity index is 0.000000459. The van der Waals surface area contributed by atoms with E-state index in [1.165, 1.54) is 16.7 Å². The predicted octanol–water partition coefficient (Wildman–Crippen LogP) is 5.95. The molecule has 1 atom stereocenters. The van der Waals surface area contributed by atoms with Crippen molar-refractivity contribution in [2.75, 3.05) is 18.4 Å². The number of carbonyl (C=O) groups excluding carboxylic acids is 1. The number of carboxylic acid groups (broad SMARTS) is 2. The van der Waals surface area contributed by atoms with Gasteiger partial charge >= 0.3 is 11.9 Å². The summed E-state index contributed by atoms with van der Waals surface area (Å²) in [5.74, 6) is -1.76. The van der Waals surface area contributed by atoms with Gasteiger partial charge in [-0.3, -0.25) is 14.4 Å². The van der Waals surface area contributed by atoms with E-state index in [4.69, 9.17) is 21.8 Å². The minimum atomic E-state index is -1.08. The van der Waals surface area contributed by atoms with E-state index in [0.717, 1.165) is 47.8 Å². The van der Waals surface area contributed by atoms with E-state index in [-0.39, 0.29) is 24.5 Å². The highest BCUT2D eigenvalue weighted by molar-refractivity contribution is 6.33. The Kier molecular flexibility index (Phi) is 11.5. The molecule has 0 radical (unpaired) electrons. The summed E-state index contributed by atoms with van der Waals surface area (Å²) in [6.45, 7) is 4.76. The SMILES string of the molecule is C[C@H](CC(=O)c1ccc(CNc2c(Cl)ccc3c2CCNCC3)cc1)c1ccccc1.O=C(O)CCC(=O)O. The van der Waals surface area contributed by atoms with Gasteiger partial charge in [-0.15, -0.1) is 0 Å². The second kappa shape index (κ2) is 15.0. The number of benzene rings is 3. The number of aliphatic carboxylic acids is 2. The number of rotatable bonds is 10. The molecule has 0 bridgehead atoms. The van der Waals surface area contributed by atoms with Crippen molar-refractivity contribution >= 4 is 35.0 Å². The minimum Gasteiger partial charge on any atom is -0.481 e. The average molecular weight is 551 g/mol. The molecule has 0 aromatic heterocycles. The first-order valence-corrected chi connectivity index (χ1v) is 13.5. The highest BCUT2D eigenvalue weighted by Crippen LogP contribution is 2.31. The highest BCUT2D eigenvalue weighted by atomic mass is 35.5. The third-order valence-electron chi connectivity index (χ3n) is 6.64. The first kappa shape index (κ1) is 29.9. The van der Waals surface area contributed by atoms with Crippen molar-refractivity contribution in [2.24, 2.45) is 0 Å². The third-order valence-corrected chi connectivity index (χ3v) is 6.96. The van der Waals surface area contributed by atoms with Crippen LogP contribution < -0.4 is 10.6 Å². The van der Waals surface area contributed by atoms with Crippen LogP contribution in [0.5, 0.6) is 0 Å². The Morgan fingerprint density at radius 3 is 2.18 bits per heavy atom. The van der Waals surface area contributed by atoms with Crippen LogP contribution in [0.4, 0.5) is 5.69 Å². The molecule has 3 aromatic carbocycles. The molecule has 1 heterocycles. The van der Waals surface area contributed by atoms with Crippen molar-refractivity contribution in [3.63, 3.8) is 0 Å². The molecule has 39 heavy (non-hydrogen) atoms. The maximum Gasteiger partial charge on any atom is 0.303 e. The number of hydrogen-bond acceptors (Lipinski definition) is 5. The van der Waals surface area contributed by atoms with Gasteiger partial charge in [0.05, 0.1) is 23.6 Å². The lowest BCUT2D eigenvalue weighted by atomic mass is 9.93. The second-order valence-corrected chi connectivity index (χ2v) is 9.99. The van der Waals surface area contributed by atoms with Gasteiger partial charge < -0.3 is 20.8 Å². The lowest BCUT2D eigenvalue weighted by Crippen LogP contribution is -2.16. The first-order chi connectivity index (χ1) is 18.7. The topological polar surface area (TPSA) is 116 Å². The monoisotopic (exact) mass is 550 g/mol. The van der Waals surface area contributed by atoms with E-state index in [0.29, 0.717) is 13.0 Å². The maximum absolute atomic E-state index is 12.7. The lowest BCUT2D eigenvalue weighted by Gasteiger charge is -2.16. The standard InChI is InChI=1S/C27H29ClN2O.C4H6O4/c1-19(21-5-3-2-4-6-21)17-26(31)23-9-7-20(8-10-23)18-30-27-24-14-16-29-15-13-22(24)11-12-25(27)28;5-3(6)1-2-4(7)8/h2-12,19,29-30H,13-18H2,1H3;1-2H2,(H,5,6)(H,7,8)/t19-;/m1./s1. The van der Waals surface area contributed by atoms with Crippen LogP contribution in [-0.4, -0.2) is 41.0 Å². The van der Waals surface area contributed by atoms with Gasteiger partial charge in [0.15, 0.2) is 5.78 Å². The zero-order chi connectivity index (χ0) is 28.2. The number of nitrogens with one attached hydrogen (secondary N) is 2. The number of carboxylic acids is 2. The van der Waals surface area contributed by atoms with E-state index in [1.54, 1.807) is 0 Å². The molecule has 0 spiro atoms. The highest BCUT2D eigenvalue weighted by Gasteiger charge is 2.15. The fourth-order valence-electron chi connectivity index (χ4n) is 4.44. The molecular formula is C31H35ClN2O5. The summed E-state index contributed by atoms with van der Waals surface area (Å²) in [7, 11) is 0. The molecule has 4 N–H and O–H groups in total. The van der Waals surface area contributed by atoms with E-state index >= 15 is 0 Å². The predicted molar refractivity (Wildman–Crippen MR) is 154 cm³/mol. The zero-order valence-electron chi connectivity index (χ0n) is 22.1. The van der Waals surface area contributed by atoms with Crippen LogP contribution in [0.1, 0.15) is 64.7 Å². The molecule has 0 saturated carbocycles. The Hall–Kier alpha value is -3.68. The first-order valence-electron chi connectivity index (χ1n) is 13.1. The smallest absolute Gasteiger partial charge is 0.303 e. The molecule has 1 aliphatic heterocycles. The Morgan fingerprint density at radius 1 is 0.897 bits per heavy atom. The van der Waals surface area contributed by atoms with Gasteiger partial charge in [-0.2, -0.15) is 0 Å². The lowest BCUT2D eigenvalue weighted by molar-refractivity contribution is -0.143. The molecule has 0 saturated heterocycles. The molecular weight excluding hydrogens is 516 g/mol. The molecule has 4 rings (SSSR count). The molecule has 0 unspecified atom stereocenters. The van der Waals surface area contributed by atoms with Crippen LogP contribution >= 0.6 is 11.6 Å². The van der Waals surface area contributed by atoms with E-state index < -0.39 is 11.9 Å². The summed E-state index contributed by atoms with van der Waals surface area (Å²) >= 11 is 6.52. The Labute approximate surface area is 234 Å².